The van der Waals surface area contributed by atoms with Crippen LogP contribution in [0.1, 0.15) is 30.9 Å². The lowest BCUT2D eigenvalue weighted by atomic mass is 10.0. The van der Waals surface area contributed by atoms with Crippen molar-refractivity contribution in [2.24, 2.45) is 0 Å². The summed E-state index contributed by atoms with van der Waals surface area (Å²) in [7, 11) is 0. The second-order valence-electron chi connectivity index (χ2n) is 5.74. The highest BCUT2D eigenvalue weighted by atomic mass is 32.2. The Labute approximate surface area is 130 Å². The summed E-state index contributed by atoms with van der Waals surface area (Å²) in [6.45, 7) is 6.55. The van der Waals surface area contributed by atoms with Gasteiger partial charge in [0.15, 0.2) is 0 Å². The summed E-state index contributed by atoms with van der Waals surface area (Å²) in [6.07, 6.45) is 2.12. The minimum atomic E-state index is 0.529. The third-order valence-electron chi connectivity index (χ3n) is 3.85. The molecule has 108 valence electrons. The quantitative estimate of drug-likeness (QED) is 0.530. The molecular formula is C19H20OS. The number of furan rings is 1. The summed E-state index contributed by atoms with van der Waals surface area (Å²) >= 11 is 1.76. The molecular weight excluding hydrogens is 276 g/mol. The van der Waals surface area contributed by atoms with Crippen LogP contribution in [-0.4, -0.2) is 6.26 Å². The normalized spacial score (nSPS) is 11.5. The zero-order chi connectivity index (χ0) is 15.0. The zero-order valence-electron chi connectivity index (χ0n) is 12.9. The maximum absolute atomic E-state index is 6.13. The van der Waals surface area contributed by atoms with E-state index in [4.69, 9.17) is 4.42 Å². The van der Waals surface area contributed by atoms with Gasteiger partial charge in [-0.15, -0.1) is 11.8 Å². The number of hydrogen-bond acceptors (Lipinski definition) is 2. The van der Waals surface area contributed by atoms with E-state index in [-0.39, 0.29) is 0 Å². The summed E-state index contributed by atoms with van der Waals surface area (Å²) in [6, 6.07) is 15.1. The van der Waals surface area contributed by atoms with Gasteiger partial charge in [-0.1, -0.05) is 49.7 Å². The van der Waals surface area contributed by atoms with E-state index in [9.17, 15) is 0 Å². The Hall–Kier alpha value is -1.67. The molecule has 2 heteroatoms. The van der Waals surface area contributed by atoms with Crippen LogP contribution in [-0.2, 0) is 0 Å². The van der Waals surface area contributed by atoms with Crippen molar-refractivity contribution in [3.8, 4) is 11.3 Å². The van der Waals surface area contributed by atoms with Gasteiger partial charge >= 0.3 is 0 Å². The lowest BCUT2D eigenvalue weighted by Gasteiger charge is -2.04. The van der Waals surface area contributed by atoms with E-state index in [1.54, 1.807) is 11.8 Å². The van der Waals surface area contributed by atoms with E-state index < -0.39 is 0 Å². The van der Waals surface area contributed by atoms with Crippen LogP contribution in [0.3, 0.4) is 0 Å². The van der Waals surface area contributed by atoms with Gasteiger partial charge in [-0.3, -0.25) is 0 Å². The average molecular weight is 296 g/mol. The molecule has 1 aromatic heterocycles. The third kappa shape index (κ3) is 2.60. The highest BCUT2D eigenvalue weighted by Crippen LogP contribution is 2.40. The molecule has 0 saturated carbocycles. The van der Waals surface area contributed by atoms with Crippen molar-refractivity contribution in [2.45, 2.75) is 31.6 Å². The van der Waals surface area contributed by atoms with Crippen LogP contribution in [0.15, 0.2) is 51.8 Å². The smallest absolute Gasteiger partial charge is 0.148 e. The number of benzene rings is 2. The van der Waals surface area contributed by atoms with Crippen LogP contribution in [0.5, 0.6) is 0 Å². The van der Waals surface area contributed by atoms with Crippen molar-refractivity contribution in [2.75, 3.05) is 6.26 Å². The molecule has 21 heavy (non-hydrogen) atoms. The van der Waals surface area contributed by atoms with Crippen LogP contribution in [0.25, 0.3) is 22.3 Å². The molecule has 0 unspecified atom stereocenters. The summed E-state index contributed by atoms with van der Waals surface area (Å²) in [5, 5.41) is 1.23. The topological polar surface area (TPSA) is 13.1 Å². The van der Waals surface area contributed by atoms with Crippen LogP contribution in [0.2, 0.25) is 0 Å². The first kappa shape index (κ1) is 14.3. The minimum absolute atomic E-state index is 0.529. The van der Waals surface area contributed by atoms with Crippen molar-refractivity contribution < 1.29 is 4.42 Å². The fourth-order valence-electron chi connectivity index (χ4n) is 2.55. The lowest BCUT2D eigenvalue weighted by Crippen LogP contribution is -1.85. The Morgan fingerprint density at radius 2 is 1.71 bits per heavy atom. The first-order chi connectivity index (χ1) is 10.1. The van der Waals surface area contributed by atoms with Gasteiger partial charge in [0, 0.05) is 10.9 Å². The van der Waals surface area contributed by atoms with Crippen molar-refractivity contribution in [1.29, 1.82) is 0 Å². The second kappa shape index (κ2) is 5.61. The van der Waals surface area contributed by atoms with E-state index in [2.05, 4.69) is 69.5 Å². The SMILES string of the molecule is CSc1c(-c2ccc(C)cc2)oc2ccc(C(C)C)cc12. The van der Waals surface area contributed by atoms with Crippen molar-refractivity contribution in [3.63, 3.8) is 0 Å². The molecule has 1 nitrogen and oxygen atoms in total. The maximum atomic E-state index is 6.13. The van der Waals surface area contributed by atoms with E-state index in [1.165, 1.54) is 21.4 Å². The molecule has 3 rings (SSSR count). The van der Waals surface area contributed by atoms with Gasteiger partial charge in [0.2, 0.25) is 0 Å². The number of thioether (sulfide) groups is 1. The van der Waals surface area contributed by atoms with Gasteiger partial charge in [0.05, 0.1) is 4.90 Å². The Morgan fingerprint density at radius 1 is 1.00 bits per heavy atom. The average Bonchev–Trinajstić information content (AvgIpc) is 2.85. The number of aryl methyl sites for hydroxylation is 1. The molecule has 3 aromatic rings. The fourth-order valence-corrected chi connectivity index (χ4v) is 3.27. The number of hydrogen-bond donors (Lipinski definition) is 0. The Balaban J connectivity index is 2.21. The summed E-state index contributed by atoms with van der Waals surface area (Å²) in [4.78, 5) is 1.23. The van der Waals surface area contributed by atoms with Crippen LogP contribution < -0.4 is 0 Å². The highest BCUT2D eigenvalue weighted by Gasteiger charge is 2.16. The molecule has 1 heterocycles. The predicted molar refractivity (Wildman–Crippen MR) is 92.3 cm³/mol. The van der Waals surface area contributed by atoms with Crippen LogP contribution in [0.4, 0.5) is 0 Å². The molecule has 0 aliphatic heterocycles. The molecule has 0 fully saturated rings. The minimum Gasteiger partial charge on any atom is -0.455 e. The first-order valence-electron chi connectivity index (χ1n) is 7.27. The maximum Gasteiger partial charge on any atom is 0.148 e. The van der Waals surface area contributed by atoms with Gasteiger partial charge in [-0.05, 0) is 36.8 Å². The molecule has 0 radical (unpaired) electrons. The summed E-state index contributed by atoms with van der Waals surface area (Å²) in [5.41, 5.74) is 4.74. The molecule has 0 spiro atoms. The number of rotatable bonds is 3. The highest BCUT2D eigenvalue weighted by molar-refractivity contribution is 7.99. The van der Waals surface area contributed by atoms with Gasteiger partial charge < -0.3 is 4.42 Å². The predicted octanol–water partition coefficient (Wildman–Crippen LogP) is 6.25. The van der Waals surface area contributed by atoms with Crippen LogP contribution >= 0.6 is 11.8 Å². The molecule has 2 aromatic carbocycles. The van der Waals surface area contributed by atoms with Gasteiger partial charge in [0.1, 0.15) is 11.3 Å². The van der Waals surface area contributed by atoms with Crippen molar-refractivity contribution >= 4 is 22.7 Å². The Morgan fingerprint density at radius 3 is 2.33 bits per heavy atom. The molecule has 0 amide bonds. The Bertz CT molecular complexity index is 766. The Kier molecular flexibility index (Phi) is 3.81. The van der Waals surface area contributed by atoms with Crippen molar-refractivity contribution in [1.82, 2.24) is 0 Å². The van der Waals surface area contributed by atoms with E-state index in [0.29, 0.717) is 5.92 Å². The molecule has 0 N–H and O–H groups in total. The lowest BCUT2D eigenvalue weighted by molar-refractivity contribution is 0.624. The van der Waals surface area contributed by atoms with E-state index >= 15 is 0 Å². The third-order valence-corrected chi connectivity index (χ3v) is 4.66. The summed E-state index contributed by atoms with van der Waals surface area (Å²) < 4.78 is 6.13. The van der Waals surface area contributed by atoms with Crippen LogP contribution in [0, 0.1) is 6.92 Å². The fraction of sp³-hybridized carbons (Fsp3) is 0.263. The van der Waals surface area contributed by atoms with Gasteiger partial charge in [0.25, 0.3) is 0 Å². The second-order valence-corrected chi connectivity index (χ2v) is 6.56. The first-order valence-corrected chi connectivity index (χ1v) is 8.50. The molecule has 0 aliphatic carbocycles. The number of fused-ring (bicyclic) bond motifs is 1. The zero-order valence-corrected chi connectivity index (χ0v) is 13.8. The molecule has 0 aliphatic rings. The molecule has 0 bridgehead atoms. The molecule has 0 atom stereocenters. The molecule has 0 saturated heterocycles. The largest absolute Gasteiger partial charge is 0.455 e. The van der Waals surface area contributed by atoms with Crippen molar-refractivity contribution in [3.05, 3.63) is 53.6 Å². The van der Waals surface area contributed by atoms with E-state index in [0.717, 1.165) is 16.9 Å². The van der Waals surface area contributed by atoms with Gasteiger partial charge in [-0.25, -0.2) is 0 Å². The summed E-state index contributed by atoms with van der Waals surface area (Å²) in [5.74, 6) is 1.51. The monoisotopic (exact) mass is 296 g/mol. The van der Waals surface area contributed by atoms with E-state index in [1.807, 2.05) is 0 Å². The standard InChI is InChI=1S/C19H20OS/c1-12(2)15-9-10-17-16(11-15)19(21-4)18(20-17)14-7-5-13(3)6-8-14/h5-12H,1-4H3. The van der Waals surface area contributed by atoms with Gasteiger partial charge in [-0.2, -0.15) is 0 Å².